The number of fused-ring (bicyclic) bond motifs is 11. The topological polar surface area (TPSA) is 48.5 Å². The van der Waals surface area contributed by atoms with Crippen molar-refractivity contribution in [3.8, 4) is 78.9 Å². The van der Waals surface area contributed by atoms with E-state index in [2.05, 4.69) is 258 Å². The number of hydrogen-bond donors (Lipinski definition) is 0. The number of nitrogens with zero attached hydrogens (tertiary/aromatic N) is 5. The third kappa shape index (κ3) is 7.10. The molecular weight excluding hydrogens is 931 g/mol. The van der Waals surface area contributed by atoms with Crippen molar-refractivity contribution >= 4 is 75.1 Å². The normalized spacial score (nSPS) is 11.7. The fourth-order valence-electron chi connectivity index (χ4n) is 11.2. The molecule has 15 aromatic rings. The summed E-state index contributed by atoms with van der Waals surface area (Å²) in [4.78, 5) is 16.0. The molecule has 75 heavy (non-hydrogen) atoms. The number of rotatable bonds is 8. The van der Waals surface area contributed by atoms with Crippen LogP contribution >= 0.6 is 11.3 Å². The van der Waals surface area contributed by atoms with E-state index in [0.29, 0.717) is 17.5 Å². The molecule has 4 aromatic heterocycles. The fourth-order valence-corrected chi connectivity index (χ4v) is 12.6. The van der Waals surface area contributed by atoms with E-state index < -0.39 is 0 Å². The van der Waals surface area contributed by atoms with E-state index in [9.17, 15) is 0 Å². The highest BCUT2D eigenvalue weighted by Gasteiger charge is 2.24. The molecule has 0 aliphatic rings. The van der Waals surface area contributed by atoms with Crippen molar-refractivity contribution in [2.24, 2.45) is 0 Å². The van der Waals surface area contributed by atoms with Gasteiger partial charge in [0.25, 0.3) is 0 Å². The van der Waals surface area contributed by atoms with Crippen LogP contribution in [0.5, 0.6) is 0 Å². The number of para-hydroxylation sites is 3. The lowest BCUT2D eigenvalue weighted by atomic mass is 10.0. The quantitative estimate of drug-likeness (QED) is 0.152. The first-order chi connectivity index (χ1) is 37.2. The lowest BCUT2D eigenvalue weighted by Crippen LogP contribution is -2.03. The Balaban J connectivity index is 0.946. The third-order valence-corrected chi connectivity index (χ3v) is 16.1. The van der Waals surface area contributed by atoms with Gasteiger partial charge in [-0.05, 0) is 69.8 Å². The summed E-state index contributed by atoms with van der Waals surface area (Å²) < 4.78 is 7.41. The van der Waals surface area contributed by atoms with Crippen molar-refractivity contribution in [2.45, 2.75) is 0 Å². The van der Waals surface area contributed by atoms with E-state index in [-0.39, 0.29) is 0 Å². The maximum absolute atomic E-state index is 5.37. The molecule has 15 rings (SSSR count). The van der Waals surface area contributed by atoms with Crippen LogP contribution in [0.2, 0.25) is 0 Å². The average molecular weight is 974 g/mol. The van der Waals surface area contributed by atoms with Gasteiger partial charge in [-0.1, -0.05) is 224 Å². The van der Waals surface area contributed by atoms with Crippen LogP contribution in [0.4, 0.5) is 0 Å². The molecule has 0 radical (unpaired) electrons. The largest absolute Gasteiger partial charge is 0.308 e. The average Bonchev–Trinajstić information content (AvgIpc) is 4.17. The second-order valence-corrected chi connectivity index (χ2v) is 20.1. The van der Waals surface area contributed by atoms with Crippen molar-refractivity contribution in [1.29, 1.82) is 0 Å². The van der Waals surface area contributed by atoms with Crippen molar-refractivity contribution in [3.05, 3.63) is 261 Å². The Morgan fingerprint density at radius 3 is 1.12 bits per heavy atom. The van der Waals surface area contributed by atoms with E-state index in [4.69, 9.17) is 15.0 Å². The van der Waals surface area contributed by atoms with Gasteiger partial charge in [0, 0.05) is 54.7 Å². The highest BCUT2D eigenvalue weighted by Crippen LogP contribution is 2.48. The van der Waals surface area contributed by atoms with Crippen molar-refractivity contribution in [2.75, 3.05) is 0 Å². The Labute approximate surface area is 436 Å². The van der Waals surface area contributed by atoms with Gasteiger partial charge in [-0.15, -0.1) is 11.3 Å². The first-order valence-corrected chi connectivity index (χ1v) is 26.2. The molecule has 0 spiro atoms. The summed E-state index contributed by atoms with van der Waals surface area (Å²) in [5.41, 5.74) is 16.5. The SMILES string of the molecule is c1ccc(-c2ccc(-c3nc(-c4ccc(-c5ccccc5)cc4)nc(-c4ccccc4-n4c5ccccc5c5ccc6c7ccc8c9ccccc9n(-c9ccc(-c%10ccccc%10)cc9)c8c7sc6c54)n3)cc2)cc1. The highest BCUT2D eigenvalue weighted by atomic mass is 32.1. The number of hydrogen-bond acceptors (Lipinski definition) is 4. The van der Waals surface area contributed by atoms with Crippen LogP contribution in [0.3, 0.4) is 0 Å². The Kier molecular flexibility index (Phi) is 10.00. The Morgan fingerprint density at radius 2 is 0.613 bits per heavy atom. The summed E-state index contributed by atoms with van der Waals surface area (Å²) in [5, 5.41) is 7.33. The van der Waals surface area contributed by atoms with Gasteiger partial charge in [0.05, 0.1) is 37.2 Å². The molecule has 0 fully saturated rings. The van der Waals surface area contributed by atoms with Gasteiger partial charge < -0.3 is 9.13 Å². The molecule has 0 saturated heterocycles. The van der Waals surface area contributed by atoms with Gasteiger partial charge in [0.1, 0.15) is 0 Å². The summed E-state index contributed by atoms with van der Waals surface area (Å²) in [5.74, 6) is 1.82. The molecule has 0 aliphatic heterocycles. The summed E-state index contributed by atoms with van der Waals surface area (Å²) in [6, 6.07) is 93.2. The predicted octanol–water partition coefficient (Wildman–Crippen LogP) is 18.4. The third-order valence-electron chi connectivity index (χ3n) is 14.8. The van der Waals surface area contributed by atoms with E-state index in [1.165, 1.54) is 63.9 Å². The van der Waals surface area contributed by atoms with Gasteiger partial charge in [0.2, 0.25) is 0 Å². The maximum atomic E-state index is 5.37. The lowest BCUT2D eigenvalue weighted by molar-refractivity contribution is 1.06. The molecule has 350 valence electrons. The molecule has 6 heteroatoms. The molecular formula is C69H43N5S. The lowest BCUT2D eigenvalue weighted by Gasteiger charge is -2.15. The van der Waals surface area contributed by atoms with Gasteiger partial charge in [-0.2, -0.15) is 0 Å². The molecule has 0 bridgehead atoms. The first-order valence-electron chi connectivity index (χ1n) is 25.3. The van der Waals surface area contributed by atoms with Gasteiger partial charge in [-0.25, -0.2) is 15.0 Å². The molecule has 5 nitrogen and oxygen atoms in total. The predicted molar refractivity (Wildman–Crippen MR) is 314 cm³/mol. The monoisotopic (exact) mass is 973 g/mol. The molecule has 4 heterocycles. The standard InChI is InChI=1S/C69H43N5S/c1-4-16-44(17-5-1)47-28-32-50(33-29-47)67-70-68(51-34-30-48(31-35-51)45-18-6-2-7-19-45)72-69(71-67)59-24-12-15-27-62(59)74-61-26-14-11-23-54(61)56-41-43-58-57-42-40-55-53-22-10-13-25-60(53)73(63(55)65(57)75-66(58)64(56)74)52-38-36-49(37-39-52)46-20-8-3-9-21-46/h1-43H. The van der Waals surface area contributed by atoms with Gasteiger partial charge >= 0.3 is 0 Å². The Hall–Kier alpha value is -9.75. The Bertz CT molecular complexity index is 4550. The van der Waals surface area contributed by atoms with E-state index >= 15 is 0 Å². The number of aromatic nitrogens is 5. The maximum Gasteiger partial charge on any atom is 0.166 e. The zero-order valence-electron chi connectivity index (χ0n) is 40.5. The molecule has 11 aromatic carbocycles. The number of benzene rings is 11. The second-order valence-electron chi connectivity index (χ2n) is 19.1. The van der Waals surface area contributed by atoms with E-state index in [1.54, 1.807) is 0 Å². The minimum Gasteiger partial charge on any atom is -0.308 e. The van der Waals surface area contributed by atoms with Crippen LogP contribution in [0, 0.1) is 0 Å². The van der Waals surface area contributed by atoms with E-state index in [0.717, 1.165) is 61.4 Å². The van der Waals surface area contributed by atoms with Crippen molar-refractivity contribution in [3.63, 3.8) is 0 Å². The van der Waals surface area contributed by atoms with Crippen LogP contribution < -0.4 is 0 Å². The fraction of sp³-hybridized carbons (Fsp3) is 0. The minimum absolute atomic E-state index is 0.601. The number of thiophene rings is 1. The Morgan fingerprint density at radius 1 is 0.253 bits per heavy atom. The minimum atomic E-state index is 0.601. The van der Waals surface area contributed by atoms with Crippen molar-refractivity contribution < 1.29 is 0 Å². The van der Waals surface area contributed by atoms with Crippen LogP contribution in [0.1, 0.15) is 0 Å². The zero-order chi connectivity index (χ0) is 49.4. The summed E-state index contributed by atoms with van der Waals surface area (Å²) >= 11 is 1.89. The second kappa shape index (κ2) is 17.5. The highest BCUT2D eigenvalue weighted by molar-refractivity contribution is 7.27. The summed E-state index contributed by atoms with van der Waals surface area (Å²) in [7, 11) is 0. The van der Waals surface area contributed by atoms with Gasteiger partial charge in [-0.3, -0.25) is 0 Å². The van der Waals surface area contributed by atoms with Gasteiger partial charge in [0.15, 0.2) is 17.5 Å². The van der Waals surface area contributed by atoms with Crippen LogP contribution in [-0.2, 0) is 0 Å². The molecule has 0 saturated carbocycles. The van der Waals surface area contributed by atoms with Crippen LogP contribution in [0.25, 0.3) is 143 Å². The molecule has 0 amide bonds. The first kappa shape index (κ1) is 42.9. The summed E-state index contributed by atoms with van der Waals surface area (Å²) in [6.45, 7) is 0. The smallest absolute Gasteiger partial charge is 0.166 e. The van der Waals surface area contributed by atoms with E-state index in [1.807, 2.05) is 23.5 Å². The summed E-state index contributed by atoms with van der Waals surface area (Å²) in [6.07, 6.45) is 0. The molecule has 0 atom stereocenters. The molecule has 0 aliphatic carbocycles. The molecule has 0 unspecified atom stereocenters. The van der Waals surface area contributed by atoms with Crippen molar-refractivity contribution in [1.82, 2.24) is 24.1 Å². The van der Waals surface area contributed by atoms with Crippen LogP contribution in [0.15, 0.2) is 261 Å². The van der Waals surface area contributed by atoms with Crippen LogP contribution in [-0.4, -0.2) is 24.1 Å². The zero-order valence-corrected chi connectivity index (χ0v) is 41.3. The molecule has 0 N–H and O–H groups in total.